The summed E-state index contributed by atoms with van der Waals surface area (Å²) in [5.41, 5.74) is 2.33. The molecule has 1 N–H and O–H groups in total. The molecule has 1 atom stereocenters. The second-order valence-electron chi connectivity index (χ2n) is 3.39. The van der Waals surface area contributed by atoms with Crippen LogP contribution in [0.2, 0.25) is 0 Å². The molecule has 14 heavy (non-hydrogen) atoms. The van der Waals surface area contributed by atoms with Gasteiger partial charge in [0, 0.05) is 32.3 Å². The van der Waals surface area contributed by atoms with Crippen molar-refractivity contribution in [3.05, 3.63) is 23.8 Å². The van der Waals surface area contributed by atoms with Crippen molar-refractivity contribution in [3.8, 4) is 5.75 Å². The lowest BCUT2D eigenvalue weighted by Crippen LogP contribution is -2.24. The summed E-state index contributed by atoms with van der Waals surface area (Å²) in [6, 6.07) is 6.18. The third-order valence-corrected chi connectivity index (χ3v) is 2.53. The number of nitrogens with one attached hydrogen (secondary N) is 1. The zero-order valence-corrected chi connectivity index (χ0v) is 8.54. The van der Waals surface area contributed by atoms with Crippen molar-refractivity contribution in [1.29, 1.82) is 0 Å². The van der Waals surface area contributed by atoms with Crippen LogP contribution in [0.3, 0.4) is 0 Å². The third-order valence-electron chi connectivity index (χ3n) is 2.53. The predicted molar refractivity (Wildman–Crippen MR) is 55.7 cm³/mol. The Balaban J connectivity index is 2.25. The summed E-state index contributed by atoms with van der Waals surface area (Å²) in [5.74, 6) is 0.940. The van der Waals surface area contributed by atoms with Crippen LogP contribution in [0.15, 0.2) is 18.2 Å². The molecule has 1 aliphatic rings. The Morgan fingerprint density at radius 1 is 1.50 bits per heavy atom. The lowest BCUT2D eigenvalue weighted by Gasteiger charge is -2.25. The molecule has 76 valence electrons. The van der Waals surface area contributed by atoms with Crippen LogP contribution in [-0.2, 0) is 11.2 Å². The minimum Gasteiger partial charge on any atom is -0.465 e. The van der Waals surface area contributed by atoms with E-state index in [9.17, 15) is 0 Å². The normalized spacial score (nSPS) is 19.7. The molecule has 1 unspecified atom stereocenters. The van der Waals surface area contributed by atoms with E-state index in [0.717, 1.165) is 24.3 Å². The quantitative estimate of drug-likeness (QED) is 0.779. The molecule has 0 saturated carbocycles. The number of anilines is 1. The van der Waals surface area contributed by atoms with Gasteiger partial charge < -0.3 is 14.8 Å². The first kappa shape index (κ1) is 9.34. The van der Waals surface area contributed by atoms with Crippen molar-refractivity contribution in [1.82, 2.24) is 0 Å². The summed E-state index contributed by atoms with van der Waals surface area (Å²) >= 11 is 0. The Hall–Kier alpha value is -1.22. The molecule has 1 aliphatic heterocycles. The summed E-state index contributed by atoms with van der Waals surface area (Å²) in [6.07, 6.45) is 1.87. The van der Waals surface area contributed by atoms with Crippen molar-refractivity contribution in [2.24, 2.45) is 0 Å². The fourth-order valence-electron chi connectivity index (χ4n) is 1.67. The SMILES string of the molecule is CNc1ccc2c(c1)OC(OC)CC2. The Bertz CT molecular complexity index is 325. The number of benzene rings is 1. The second kappa shape index (κ2) is 3.88. The molecule has 2 rings (SSSR count). The Morgan fingerprint density at radius 2 is 2.36 bits per heavy atom. The molecule has 1 aromatic rings. The van der Waals surface area contributed by atoms with Crippen LogP contribution >= 0.6 is 0 Å². The highest BCUT2D eigenvalue weighted by Crippen LogP contribution is 2.30. The smallest absolute Gasteiger partial charge is 0.199 e. The molecular weight excluding hydrogens is 178 g/mol. The van der Waals surface area contributed by atoms with Crippen LogP contribution in [0.25, 0.3) is 0 Å². The molecule has 1 aromatic carbocycles. The number of aryl methyl sites for hydroxylation is 1. The number of hydrogen-bond donors (Lipinski definition) is 1. The molecule has 0 bridgehead atoms. The van der Waals surface area contributed by atoms with Gasteiger partial charge in [-0.1, -0.05) is 6.07 Å². The van der Waals surface area contributed by atoms with Crippen LogP contribution in [0.5, 0.6) is 5.75 Å². The topological polar surface area (TPSA) is 30.5 Å². The average Bonchev–Trinajstić information content (AvgIpc) is 2.27. The van der Waals surface area contributed by atoms with Gasteiger partial charge in [0.1, 0.15) is 5.75 Å². The van der Waals surface area contributed by atoms with E-state index in [1.165, 1.54) is 5.56 Å². The highest BCUT2D eigenvalue weighted by molar-refractivity contribution is 5.52. The van der Waals surface area contributed by atoms with Gasteiger partial charge in [0.15, 0.2) is 6.29 Å². The Kier molecular flexibility index (Phi) is 2.59. The largest absolute Gasteiger partial charge is 0.465 e. The molecule has 0 fully saturated rings. The van der Waals surface area contributed by atoms with Crippen molar-refractivity contribution >= 4 is 5.69 Å². The molecular formula is C11H15NO2. The summed E-state index contributed by atoms with van der Waals surface area (Å²) in [5, 5.41) is 3.09. The first-order chi connectivity index (χ1) is 6.83. The van der Waals surface area contributed by atoms with Crippen molar-refractivity contribution in [2.45, 2.75) is 19.1 Å². The van der Waals surface area contributed by atoms with Gasteiger partial charge in [-0.25, -0.2) is 0 Å². The van der Waals surface area contributed by atoms with E-state index < -0.39 is 0 Å². The summed E-state index contributed by atoms with van der Waals surface area (Å²) in [6.45, 7) is 0. The zero-order chi connectivity index (χ0) is 9.97. The number of rotatable bonds is 2. The van der Waals surface area contributed by atoms with Gasteiger partial charge in [-0.15, -0.1) is 0 Å². The maximum atomic E-state index is 5.66. The van der Waals surface area contributed by atoms with Gasteiger partial charge >= 0.3 is 0 Å². The van der Waals surface area contributed by atoms with Crippen LogP contribution < -0.4 is 10.1 Å². The van der Waals surface area contributed by atoms with Crippen molar-refractivity contribution in [3.63, 3.8) is 0 Å². The van der Waals surface area contributed by atoms with Crippen LogP contribution in [0.4, 0.5) is 5.69 Å². The van der Waals surface area contributed by atoms with Crippen LogP contribution in [0.1, 0.15) is 12.0 Å². The van der Waals surface area contributed by atoms with Crippen LogP contribution in [-0.4, -0.2) is 20.4 Å². The monoisotopic (exact) mass is 193 g/mol. The standard InChI is InChI=1S/C11H15NO2/c1-12-9-5-3-8-4-6-11(13-2)14-10(8)7-9/h3,5,7,11-12H,4,6H2,1-2H3. The van der Waals surface area contributed by atoms with Gasteiger partial charge in [-0.2, -0.15) is 0 Å². The minimum atomic E-state index is -0.0883. The summed E-state index contributed by atoms with van der Waals surface area (Å²) < 4.78 is 10.8. The van der Waals surface area contributed by atoms with Gasteiger partial charge in [0.2, 0.25) is 0 Å². The van der Waals surface area contributed by atoms with E-state index in [1.807, 2.05) is 13.1 Å². The average molecular weight is 193 g/mol. The highest BCUT2D eigenvalue weighted by Gasteiger charge is 2.18. The maximum Gasteiger partial charge on any atom is 0.199 e. The first-order valence-electron chi connectivity index (χ1n) is 4.83. The van der Waals surface area contributed by atoms with Gasteiger partial charge in [-0.3, -0.25) is 0 Å². The lowest BCUT2D eigenvalue weighted by molar-refractivity contribution is -0.0653. The van der Waals surface area contributed by atoms with Gasteiger partial charge in [-0.05, 0) is 18.1 Å². The van der Waals surface area contributed by atoms with Crippen molar-refractivity contribution < 1.29 is 9.47 Å². The Morgan fingerprint density at radius 3 is 3.07 bits per heavy atom. The molecule has 0 saturated heterocycles. The van der Waals surface area contributed by atoms with Crippen LogP contribution in [0, 0.1) is 0 Å². The van der Waals surface area contributed by atoms with E-state index in [0.29, 0.717) is 0 Å². The molecule has 3 heteroatoms. The first-order valence-corrected chi connectivity index (χ1v) is 4.83. The third kappa shape index (κ3) is 1.68. The van der Waals surface area contributed by atoms with Gasteiger partial charge in [0.25, 0.3) is 0 Å². The number of fused-ring (bicyclic) bond motifs is 1. The lowest BCUT2D eigenvalue weighted by atomic mass is 10.1. The predicted octanol–water partition coefficient (Wildman–Crippen LogP) is 2.03. The van der Waals surface area contributed by atoms with E-state index >= 15 is 0 Å². The maximum absolute atomic E-state index is 5.66. The fraction of sp³-hybridized carbons (Fsp3) is 0.455. The molecule has 0 amide bonds. The van der Waals surface area contributed by atoms with E-state index in [2.05, 4.69) is 17.4 Å². The molecule has 3 nitrogen and oxygen atoms in total. The van der Waals surface area contributed by atoms with E-state index in [4.69, 9.17) is 9.47 Å². The van der Waals surface area contributed by atoms with Gasteiger partial charge in [0.05, 0.1) is 0 Å². The summed E-state index contributed by atoms with van der Waals surface area (Å²) in [7, 11) is 3.58. The fourth-order valence-corrected chi connectivity index (χ4v) is 1.67. The number of ether oxygens (including phenoxy) is 2. The zero-order valence-electron chi connectivity index (χ0n) is 8.54. The Labute approximate surface area is 84.0 Å². The van der Waals surface area contributed by atoms with E-state index in [1.54, 1.807) is 7.11 Å². The van der Waals surface area contributed by atoms with Crippen molar-refractivity contribution in [2.75, 3.05) is 19.5 Å². The van der Waals surface area contributed by atoms with E-state index in [-0.39, 0.29) is 6.29 Å². The number of hydrogen-bond acceptors (Lipinski definition) is 3. The summed E-state index contributed by atoms with van der Waals surface area (Å²) in [4.78, 5) is 0. The molecule has 1 heterocycles. The number of methoxy groups -OCH3 is 1. The second-order valence-corrected chi connectivity index (χ2v) is 3.39. The highest BCUT2D eigenvalue weighted by atomic mass is 16.7. The minimum absolute atomic E-state index is 0.0883. The molecule has 0 aliphatic carbocycles. The molecule has 0 spiro atoms. The molecule has 0 aromatic heterocycles. The molecule has 0 radical (unpaired) electrons.